The van der Waals surface area contributed by atoms with E-state index in [9.17, 15) is 9.36 Å². The molecule has 0 spiro atoms. The van der Waals surface area contributed by atoms with E-state index in [0.29, 0.717) is 6.42 Å². The molecule has 0 heterocycles. The van der Waals surface area contributed by atoms with Gasteiger partial charge in [-0.15, -0.1) is 0 Å². The summed E-state index contributed by atoms with van der Waals surface area (Å²) in [5.41, 5.74) is 5.00. The lowest BCUT2D eigenvalue weighted by Crippen LogP contribution is -2.36. The minimum atomic E-state index is -3.94. The summed E-state index contributed by atoms with van der Waals surface area (Å²) in [5, 5.41) is -1.53. The molecule has 78 valence electrons. The Kier molecular flexibility index (Phi) is 4.10. The molecule has 0 aromatic heterocycles. The number of ether oxygens (including phenoxy) is 1. The normalized spacial score (nSPS) is 16.4. The highest BCUT2D eigenvalue weighted by molar-refractivity contribution is 7.58. The molecule has 3 N–H and O–H groups in total. The maximum Gasteiger partial charge on any atom is 0.322 e. The lowest BCUT2D eigenvalue weighted by Gasteiger charge is -2.24. The number of hydrogen-bond donors (Lipinski definition) is 2. The van der Waals surface area contributed by atoms with E-state index in [-0.39, 0.29) is 6.61 Å². The third-order valence-corrected chi connectivity index (χ3v) is 3.52. The molecule has 0 bridgehead atoms. The highest BCUT2D eigenvalue weighted by atomic mass is 31.2. The minimum Gasteiger partial charge on any atom is -0.465 e. The Morgan fingerprint density at radius 3 is 2.38 bits per heavy atom. The molecule has 0 radical (unpaired) electrons. The fraction of sp³-hybridized carbons (Fsp3) is 0.857. The van der Waals surface area contributed by atoms with Gasteiger partial charge in [-0.2, -0.15) is 0 Å². The van der Waals surface area contributed by atoms with Gasteiger partial charge in [0.2, 0.25) is 0 Å². The van der Waals surface area contributed by atoms with E-state index >= 15 is 0 Å². The molecule has 0 aliphatic carbocycles. The summed E-state index contributed by atoms with van der Waals surface area (Å²) >= 11 is 0. The van der Waals surface area contributed by atoms with Gasteiger partial charge in [0.05, 0.1) is 6.61 Å². The molecule has 13 heavy (non-hydrogen) atoms. The summed E-state index contributed by atoms with van der Waals surface area (Å²) in [6, 6.07) is 0. The van der Waals surface area contributed by atoms with Gasteiger partial charge in [0.15, 0.2) is 5.16 Å². The molecule has 0 aromatic rings. The van der Waals surface area contributed by atoms with E-state index in [4.69, 9.17) is 15.1 Å². The molecule has 0 rings (SSSR count). The molecule has 0 fully saturated rings. The summed E-state index contributed by atoms with van der Waals surface area (Å²) in [4.78, 5) is 20.3. The zero-order chi connectivity index (χ0) is 10.7. The van der Waals surface area contributed by atoms with E-state index in [1.165, 1.54) is 13.8 Å². The molecule has 0 amide bonds. The van der Waals surface area contributed by atoms with E-state index in [1.807, 2.05) is 6.92 Å². The van der Waals surface area contributed by atoms with Crippen LogP contribution in [0.25, 0.3) is 0 Å². The first-order valence-corrected chi connectivity index (χ1v) is 5.75. The molecule has 0 aliphatic heterocycles. The van der Waals surface area contributed by atoms with Gasteiger partial charge in [-0.3, -0.25) is 14.9 Å². The van der Waals surface area contributed by atoms with Crippen molar-refractivity contribution in [2.45, 2.75) is 32.3 Å². The fourth-order valence-electron chi connectivity index (χ4n) is 0.502. The molecule has 0 saturated carbocycles. The zero-order valence-electron chi connectivity index (χ0n) is 8.11. The van der Waals surface area contributed by atoms with Crippen molar-refractivity contribution in [2.24, 2.45) is 5.50 Å². The second-order valence-corrected chi connectivity index (χ2v) is 5.68. The molecule has 0 aliphatic rings. The van der Waals surface area contributed by atoms with Crippen molar-refractivity contribution < 1.29 is 19.0 Å². The third kappa shape index (κ3) is 3.10. The van der Waals surface area contributed by atoms with Gasteiger partial charge < -0.3 is 9.63 Å². The number of nitrogens with two attached hydrogens (primary N) is 1. The standard InChI is InChI=1S/C7H16NO4P/c1-4-5-12-6(9)7(2,3)13(8,10)11/h4-5H2,1-3H3,(H3,8,10,11). The van der Waals surface area contributed by atoms with Crippen LogP contribution in [0.2, 0.25) is 0 Å². The zero-order valence-corrected chi connectivity index (χ0v) is 9.01. The largest absolute Gasteiger partial charge is 0.465 e. The summed E-state index contributed by atoms with van der Waals surface area (Å²) in [6.45, 7) is 4.67. The van der Waals surface area contributed by atoms with Crippen LogP contribution in [0.4, 0.5) is 0 Å². The summed E-state index contributed by atoms with van der Waals surface area (Å²) in [6.07, 6.45) is 0.669. The quantitative estimate of drug-likeness (QED) is 0.529. The van der Waals surface area contributed by atoms with Crippen LogP contribution in [-0.4, -0.2) is 22.6 Å². The van der Waals surface area contributed by atoms with Gasteiger partial charge in [-0.1, -0.05) is 6.92 Å². The van der Waals surface area contributed by atoms with Crippen LogP contribution in [0, 0.1) is 0 Å². The molecular weight excluding hydrogens is 193 g/mol. The molecule has 0 aromatic carbocycles. The van der Waals surface area contributed by atoms with Crippen LogP contribution in [0.5, 0.6) is 0 Å². The summed E-state index contributed by atoms with van der Waals surface area (Å²) in [5.74, 6) is -0.734. The molecule has 1 unspecified atom stereocenters. The topological polar surface area (TPSA) is 89.6 Å². The van der Waals surface area contributed by atoms with Crippen LogP contribution in [0.3, 0.4) is 0 Å². The molecule has 6 heteroatoms. The van der Waals surface area contributed by atoms with Gasteiger partial charge in [0.25, 0.3) is 7.52 Å². The van der Waals surface area contributed by atoms with Gasteiger partial charge in [-0.05, 0) is 20.3 Å². The number of rotatable bonds is 4. The average molecular weight is 209 g/mol. The van der Waals surface area contributed by atoms with Gasteiger partial charge in [-0.25, -0.2) is 0 Å². The van der Waals surface area contributed by atoms with Crippen molar-refractivity contribution >= 4 is 13.5 Å². The fourth-order valence-corrected chi connectivity index (χ4v) is 0.828. The molecular formula is C7H16NO4P. The summed E-state index contributed by atoms with van der Waals surface area (Å²) < 4.78 is 15.8. The van der Waals surface area contributed by atoms with E-state index in [2.05, 4.69) is 0 Å². The van der Waals surface area contributed by atoms with Crippen molar-refractivity contribution in [1.82, 2.24) is 0 Å². The first-order chi connectivity index (χ1) is 5.73. The predicted molar refractivity (Wildman–Crippen MR) is 49.3 cm³/mol. The van der Waals surface area contributed by atoms with Crippen molar-refractivity contribution in [3.8, 4) is 0 Å². The lowest BCUT2D eigenvalue weighted by molar-refractivity contribution is -0.146. The Balaban J connectivity index is 4.47. The molecule has 0 saturated heterocycles. The van der Waals surface area contributed by atoms with Crippen LogP contribution < -0.4 is 5.50 Å². The Morgan fingerprint density at radius 2 is 2.08 bits per heavy atom. The van der Waals surface area contributed by atoms with Gasteiger partial charge >= 0.3 is 5.97 Å². The number of esters is 1. The maximum absolute atomic E-state index is 11.2. The number of carbonyl (C=O) groups is 1. The van der Waals surface area contributed by atoms with Crippen LogP contribution >= 0.6 is 7.52 Å². The van der Waals surface area contributed by atoms with Crippen LogP contribution in [-0.2, 0) is 14.1 Å². The van der Waals surface area contributed by atoms with Crippen LogP contribution in [0.15, 0.2) is 0 Å². The third-order valence-electron chi connectivity index (χ3n) is 1.74. The van der Waals surface area contributed by atoms with Crippen LogP contribution in [0.1, 0.15) is 27.2 Å². The van der Waals surface area contributed by atoms with Crippen molar-refractivity contribution in [2.75, 3.05) is 6.61 Å². The SMILES string of the molecule is CCCOC(=O)C(C)(C)P(N)(=O)O. The highest BCUT2D eigenvalue weighted by Crippen LogP contribution is 2.47. The van der Waals surface area contributed by atoms with Gasteiger partial charge in [0, 0.05) is 0 Å². The van der Waals surface area contributed by atoms with Crippen molar-refractivity contribution in [1.29, 1.82) is 0 Å². The second kappa shape index (κ2) is 4.22. The van der Waals surface area contributed by atoms with Gasteiger partial charge in [0.1, 0.15) is 0 Å². The smallest absolute Gasteiger partial charge is 0.322 e. The molecule has 5 nitrogen and oxygen atoms in total. The first-order valence-electron chi connectivity index (χ1n) is 4.02. The van der Waals surface area contributed by atoms with Crippen molar-refractivity contribution in [3.63, 3.8) is 0 Å². The van der Waals surface area contributed by atoms with Crippen molar-refractivity contribution in [3.05, 3.63) is 0 Å². The van der Waals surface area contributed by atoms with E-state index in [0.717, 1.165) is 0 Å². The Bertz CT molecular complexity index is 233. The van der Waals surface area contributed by atoms with E-state index in [1.54, 1.807) is 0 Å². The minimum absolute atomic E-state index is 0.238. The predicted octanol–water partition coefficient (Wildman–Crippen LogP) is 0.862. The Labute approximate surface area is 77.8 Å². The maximum atomic E-state index is 11.2. The lowest BCUT2D eigenvalue weighted by atomic mass is 10.2. The Hall–Kier alpha value is -0.380. The summed E-state index contributed by atoms with van der Waals surface area (Å²) in [7, 11) is -3.94. The monoisotopic (exact) mass is 209 g/mol. The highest BCUT2D eigenvalue weighted by Gasteiger charge is 2.44. The number of hydrogen-bond acceptors (Lipinski definition) is 3. The number of carbonyl (C=O) groups excluding carboxylic acids is 1. The second-order valence-electron chi connectivity index (χ2n) is 3.32. The Morgan fingerprint density at radius 1 is 1.62 bits per heavy atom. The van der Waals surface area contributed by atoms with E-state index < -0.39 is 18.6 Å². The first kappa shape index (κ1) is 12.6. The average Bonchev–Trinajstić information content (AvgIpc) is 1.97. The molecule has 1 atom stereocenters.